The standard InChI is InChI=1S/C25H30N4O3.ClH/c1-5-17-8-6-7-13-29(17)25(30)20-15-26-24-19(11-9-16(2)27-24)23(20)28-21-12-10-18(31-3)14-22(21)32-4;/h9-12,14-15,17H,5-8,13H2,1-4H3,(H,26,27,28);1H. The van der Waals surface area contributed by atoms with Gasteiger partial charge in [0.15, 0.2) is 5.65 Å². The largest absolute Gasteiger partial charge is 0.497 e. The Labute approximate surface area is 200 Å². The fraction of sp³-hybridized carbons (Fsp3) is 0.400. The van der Waals surface area contributed by atoms with Crippen LogP contribution in [0.1, 0.15) is 48.7 Å². The number of aryl methyl sites for hydroxylation is 1. The molecule has 1 unspecified atom stereocenters. The van der Waals surface area contributed by atoms with Gasteiger partial charge >= 0.3 is 0 Å². The zero-order valence-electron chi connectivity index (χ0n) is 19.6. The number of likely N-dealkylation sites (tertiary alicyclic amines) is 1. The van der Waals surface area contributed by atoms with E-state index in [1.165, 1.54) is 0 Å². The number of rotatable bonds is 6. The second-order valence-corrected chi connectivity index (χ2v) is 8.12. The van der Waals surface area contributed by atoms with Crippen molar-refractivity contribution in [2.45, 2.75) is 45.6 Å². The van der Waals surface area contributed by atoms with Gasteiger partial charge in [0.25, 0.3) is 5.91 Å². The quantitative estimate of drug-likeness (QED) is 0.510. The Morgan fingerprint density at radius 2 is 2.00 bits per heavy atom. The first kappa shape index (κ1) is 24.6. The number of carbonyl (C=O) groups excluding carboxylic acids is 1. The summed E-state index contributed by atoms with van der Waals surface area (Å²) in [6.45, 7) is 4.84. The number of hydrogen-bond acceptors (Lipinski definition) is 6. The Morgan fingerprint density at radius 1 is 1.18 bits per heavy atom. The lowest BCUT2D eigenvalue weighted by molar-refractivity contribution is 0.0609. The summed E-state index contributed by atoms with van der Waals surface area (Å²) >= 11 is 0. The first-order chi connectivity index (χ1) is 15.5. The Hall–Kier alpha value is -3.06. The Bertz CT molecular complexity index is 1140. The summed E-state index contributed by atoms with van der Waals surface area (Å²) in [6.07, 6.45) is 5.83. The summed E-state index contributed by atoms with van der Waals surface area (Å²) in [5.41, 5.74) is 3.44. The summed E-state index contributed by atoms with van der Waals surface area (Å²) in [5, 5.41) is 4.25. The van der Waals surface area contributed by atoms with Crippen LogP contribution in [0.15, 0.2) is 36.5 Å². The molecule has 1 fully saturated rings. The average Bonchev–Trinajstić information content (AvgIpc) is 2.83. The Balaban J connectivity index is 0.00000306. The summed E-state index contributed by atoms with van der Waals surface area (Å²) < 4.78 is 10.9. The van der Waals surface area contributed by atoms with Crippen LogP contribution in [0.5, 0.6) is 11.5 Å². The number of pyridine rings is 2. The number of amides is 1. The zero-order chi connectivity index (χ0) is 22.7. The molecule has 1 saturated heterocycles. The van der Waals surface area contributed by atoms with Crippen LogP contribution in [-0.2, 0) is 0 Å². The summed E-state index contributed by atoms with van der Waals surface area (Å²) in [4.78, 5) is 24.8. The third kappa shape index (κ3) is 4.98. The van der Waals surface area contributed by atoms with Crippen molar-refractivity contribution in [3.63, 3.8) is 0 Å². The minimum absolute atomic E-state index is 0. The van der Waals surface area contributed by atoms with Gasteiger partial charge in [-0.1, -0.05) is 6.92 Å². The van der Waals surface area contributed by atoms with E-state index in [1.807, 2.05) is 42.2 Å². The van der Waals surface area contributed by atoms with E-state index in [2.05, 4.69) is 22.2 Å². The molecule has 1 amide bonds. The van der Waals surface area contributed by atoms with Gasteiger partial charge in [0.2, 0.25) is 0 Å². The molecule has 33 heavy (non-hydrogen) atoms. The van der Waals surface area contributed by atoms with E-state index in [9.17, 15) is 4.79 Å². The predicted molar refractivity (Wildman–Crippen MR) is 133 cm³/mol. The van der Waals surface area contributed by atoms with Gasteiger partial charge in [-0.15, -0.1) is 12.4 Å². The van der Waals surface area contributed by atoms with Gasteiger partial charge in [-0.2, -0.15) is 0 Å². The zero-order valence-corrected chi connectivity index (χ0v) is 20.4. The van der Waals surface area contributed by atoms with Crippen molar-refractivity contribution < 1.29 is 14.3 Å². The minimum Gasteiger partial charge on any atom is -0.497 e. The van der Waals surface area contributed by atoms with Gasteiger partial charge in [-0.25, -0.2) is 9.97 Å². The average molecular weight is 471 g/mol. The van der Waals surface area contributed by atoms with Crippen LogP contribution in [0.3, 0.4) is 0 Å². The van der Waals surface area contributed by atoms with E-state index < -0.39 is 0 Å². The van der Waals surface area contributed by atoms with E-state index in [4.69, 9.17) is 9.47 Å². The molecular formula is C25H31ClN4O3. The first-order valence-corrected chi connectivity index (χ1v) is 11.1. The summed E-state index contributed by atoms with van der Waals surface area (Å²) in [5.74, 6) is 1.32. The number of anilines is 2. The fourth-order valence-corrected chi connectivity index (χ4v) is 4.35. The van der Waals surface area contributed by atoms with E-state index in [1.54, 1.807) is 20.4 Å². The van der Waals surface area contributed by atoms with Gasteiger partial charge in [-0.3, -0.25) is 4.79 Å². The van der Waals surface area contributed by atoms with Crippen molar-refractivity contribution in [2.24, 2.45) is 0 Å². The number of fused-ring (bicyclic) bond motifs is 1. The van der Waals surface area contributed by atoms with Crippen molar-refractivity contribution in [1.82, 2.24) is 14.9 Å². The smallest absolute Gasteiger partial charge is 0.257 e. The molecule has 0 saturated carbocycles. The molecule has 3 heterocycles. The number of carbonyl (C=O) groups is 1. The SMILES string of the molecule is CCC1CCCCN1C(=O)c1cnc2nc(C)ccc2c1Nc1ccc(OC)cc1OC.Cl. The number of piperidine rings is 1. The van der Waals surface area contributed by atoms with Gasteiger partial charge in [0.1, 0.15) is 11.5 Å². The number of methoxy groups -OCH3 is 2. The van der Waals surface area contributed by atoms with Crippen LogP contribution >= 0.6 is 12.4 Å². The summed E-state index contributed by atoms with van der Waals surface area (Å²) in [6, 6.07) is 9.71. The number of ether oxygens (including phenoxy) is 2. The third-order valence-corrected chi connectivity index (χ3v) is 6.13. The fourth-order valence-electron chi connectivity index (χ4n) is 4.35. The molecule has 1 atom stereocenters. The molecule has 0 aliphatic carbocycles. The van der Waals surface area contributed by atoms with Crippen molar-refractivity contribution >= 4 is 40.7 Å². The molecule has 0 spiro atoms. The van der Waals surface area contributed by atoms with Gasteiger partial charge in [-0.05, 0) is 56.9 Å². The van der Waals surface area contributed by atoms with Crippen LogP contribution in [0, 0.1) is 6.92 Å². The second kappa shape index (κ2) is 10.7. The molecule has 1 aliphatic heterocycles. The number of aromatic nitrogens is 2. The van der Waals surface area contributed by atoms with Crippen molar-refractivity contribution in [3.05, 3.63) is 47.8 Å². The maximum Gasteiger partial charge on any atom is 0.257 e. The lowest BCUT2D eigenvalue weighted by Gasteiger charge is -2.35. The molecule has 4 rings (SSSR count). The highest BCUT2D eigenvalue weighted by Crippen LogP contribution is 2.36. The topological polar surface area (TPSA) is 76.6 Å². The molecule has 1 aromatic carbocycles. The van der Waals surface area contributed by atoms with Gasteiger partial charge in [0, 0.05) is 35.9 Å². The van der Waals surface area contributed by atoms with Crippen LogP contribution in [0.25, 0.3) is 11.0 Å². The Morgan fingerprint density at radius 3 is 2.73 bits per heavy atom. The highest BCUT2D eigenvalue weighted by molar-refractivity contribution is 6.07. The molecule has 1 N–H and O–H groups in total. The highest BCUT2D eigenvalue weighted by Gasteiger charge is 2.29. The van der Waals surface area contributed by atoms with Gasteiger partial charge in [0.05, 0.1) is 31.2 Å². The molecule has 0 radical (unpaired) electrons. The minimum atomic E-state index is 0. The van der Waals surface area contributed by atoms with E-state index in [0.717, 1.165) is 49.0 Å². The Kier molecular flexibility index (Phi) is 7.97. The maximum atomic E-state index is 13.7. The van der Waals surface area contributed by atoms with Crippen LogP contribution in [0.2, 0.25) is 0 Å². The normalized spacial score (nSPS) is 15.6. The molecule has 3 aromatic rings. The molecule has 0 bridgehead atoms. The molecule has 176 valence electrons. The van der Waals surface area contributed by atoms with Crippen LogP contribution < -0.4 is 14.8 Å². The lowest BCUT2D eigenvalue weighted by Crippen LogP contribution is -2.43. The van der Waals surface area contributed by atoms with E-state index >= 15 is 0 Å². The predicted octanol–water partition coefficient (Wildman–Crippen LogP) is 5.53. The maximum absolute atomic E-state index is 13.7. The number of hydrogen-bond donors (Lipinski definition) is 1. The third-order valence-electron chi connectivity index (χ3n) is 6.13. The second-order valence-electron chi connectivity index (χ2n) is 8.12. The van der Waals surface area contributed by atoms with E-state index in [-0.39, 0.29) is 24.4 Å². The highest BCUT2D eigenvalue weighted by atomic mass is 35.5. The van der Waals surface area contributed by atoms with Crippen LogP contribution in [-0.4, -0.2) is 47.6 Å². The monoisotopic (exact) mass is 470 g/mol. The van der Waals surface area contributed by atoms with Crippen molar-refractivity contribution in [2.75, 3.05) is 26.1 Å². The van der Waals surface area contributed by atoms with Crippen molar-refractivity contribution in [3.8, 4) is 11.5 Å². The summed E-state index contributed by atoms with van der Waals surface area (Å²) in [7, 11) is 3.23. The molecule has 1 aliphatic rings. The first-order valence-electron chi connectivity index (χ1n) is 11.1. The number of benzene rings is 1. The number of halogens is 1. The lowest BCUT2D eigenvalue weighted by atomic mass is 9.98. The molecular weight excluding hydrogens is 440 g/mol. The molecule has 2 aromatic heterocycles. The number of nitrogens with zero attached hydrogens (tertiary/aromatic N) is 3. The molecule has 7 nitrogen and oxygen atoms in total. The molecule has 8 heteroatoms. The van der Waals surface area contributed by atoms with E-state index in [0.29, 0.717) is 28.4 Å². The number of nitrogens with one attached hydrogen (secondary N) is 1. The van der Waals surface area contributed by atoms with Gasteiger partial charge < -0.3 is 19.7 Å². The van der Waals surface area contributed by atoms with Crippen LogP contribution in [0.4, 0.5) is 11.4 Å². The van der Waals surface area contributed by atoms with Crippen molar-refractivity contribution in [1.29, 1.82) is 0 Å².